The van der Waals surface area contributed by atoms with Gasteiger partial charge in [0.25, 0.3) is 5.91 Å². The molecule has 2 aliphatic heterocycles. The number of carbonyl (C=O) groups is 3. The highest BCUT2D eigenvalue weighted by Crippen LogP contribution is 2.68. The third kappa shape index (κ3) is 4.89. The van der Waals surface area contributed by atoms with E-state index in [1.807, 2.05) is 66.7 Å². The largest absolute Gasteiger partial charge is 0.497 e. The summed E-state index contributed by atoms with van der Waals surface area (Å²) in [7, 11) is 1.58. The summed E-state index contributed by atoms with van der Waals surface area (Å²) in [5.41, 5.74) is 2.30. The minimum atomic E-state index is -0.384. The number of benzene rings is 4. The van der Waals surface area contributed by atoms with Crippen molar-refractivity contribution in [1.82, 2.24) is 4.98 Å². The number of aromatic amines is 1. The molecule has 0 spiro atoms. The highest BCUT2D eigenvalue weighted by atomic mass is 32.2. The minimum Gasteiger partial charge on any atom is -0.497 e. The predicted molar refractivity (Wildman–Crippen MR) is 188 cm³/mol. The van der Waals surface area contributed by atoms with E-state index in [0.717, 1.165) is 32.7 Å². The molecular formula is C38H31N3O6S2. The summed E-state index contributed by atoms with van der Waals surface area (Å²) in [6.07, 6.45) is 0.814. The van der Waals surface area contributed by atoms with Gasteiger partial charge in [0.2, 0.25) is 11.8 Å². The van der Waals surface area contributed by atoms with Crippen molar-refractivity contribution < 1.29 is 23.9 Å². The fourth-order valence-electron chi connectivity index (χ4n) is 8.76. The number of nitrogens with zero attached hydrogens (tertiary/aromatic N) is 1. The summed E-state index contributed by atoms with van der Waals surface area (Å²) < 4.78 is 11.1. The molecule has 3 amide bonds. The monoisotopic (exact) mass is 689 g/mol. The first kappa shape index (κ1) is 30.2. The van der Waals surface area contributed by atoms with Gasteiger partial charge in [-0.15, -0.1) is 11.8 Å². The van der Waals surface area contributed by atoms with Crippen LogP contribution in [0.4, 0.5) is 11.4 Å². The molecule has 0 radical (unpaired) electrons. The van der Waals surface area contributed by atoms with Gasteiger partial charge in [-0.2, -0.15) is 0 Å². The predicted octanol–water partition coefficient (Wildman–Crippen LogP) is 6.29. The molecular weight excluding hydrogens is 659 g/mol. The summed E-state index contributed by atoms with van der Waals surface area (Å²) in [6.45, 7) is -0.145. The Hall–Kier alpha value is -4.87. The molecule has 246 valence electrons. The second kappa shape index (κ2) is 11.6. The molecule has 1 saturated heterocycles. The Morgan fingerprint density at radius 3 is 2.35 bits per heavy atom. The quantitative estimate of drug-likeness (QED) is 0.193. The van der Waals surface area contributed by atoms with Gasteiger partial charge in [0.05, 0.1) is 29.7 Å². The standard InChI is InChI=1S/C38H31N3O6S2/c1-46-24-14-10-23(11-15-24)41-36(43)31-26-17-27(32(31)37(41)44)33-30(26)29(34-35(48-33)40-38(45)49-34)20-7-12-25(13-8-20)47-18-28(42)39-22-9-6-19-4-2-3-5-21(19)16-22/h2-16,26-27,29-33H,17-18H2,1H3,(H,39,42)(H,40,45)/t26-,27-,29-,30?,31?,32?,33?/m1/s1. The number of thioether (sulfide) groups is 1. The van der Waals surface area contributed by atoms with Crippen molar-refractivity contribution in [1.29, 1.82) is 0 Å². The second-order valence-corrected chi connectivity index (χ2v) is 15.3. The fraction of sp³-hybridized carbons (Fsp3) is 0.263. The lowest BCUT2D eigenvalue weighted by Crippen LogP contribution is -2.42. The molecule has 2 saturated carbocycles. The number of fused-ring (bicyclic) bond motifs is 10. The molecule has 5 aromatic rings. The van der Waals surface area contributed by atoms with Gasteiger partial charge in [0, 0.05) is 21.7 Å². The Bertz CT molecular complexity index is 2200. The number of carbonyl (C=O) groups excluding carboxylic acids is 3. The summed E-state index contributed by atoms with van der Waals surface area (Å²) in [6, 6.07) is 28.5. The second-order valence-electron chi connectivity index (χ2n) is 13.1. The van der Waals surface area contributed by atoms with Crippen molar-refractivity contribution in [3.63, 3.8) is 0 Å². The van der Waals surface area contributed by atoms with Crippen molar-refractivity contribution in [2.75, 3.05) is 23.9 Å². The number of H-pyrrole nitrogens is 1. The first-order valence-electron chi connectivity index (χ1n) is 16.3. The van der Waals surface area contributed by atoms with E-state index in [9.17, 15) is 19.2 Å². The molecule has 11 heteroatoms. The number of imide groups is 1. The van der Waals surface area contributed by atoms with Crippen LogP contribution in [0.3, 0.4) is 0 Å². The maximum atomic E-state index is 14.0. The van der Waals surface area contributed by atoms with Crippen LogP contribution in [0.2, 0.25) is 0 Å². The number of hydrogen-bond donors (Lipinski definition) is 2. The zero-order valence-corrected chi connectivity index (χ0v) is 28.0. The van der Waals surface area contributed by atoms with Crippen molar-refractivity contribution >= 4 is 63.0 Å². The van der Waals surface area contributed by atoms with Crippen LogP contribution in [0, 0.1) is 29.6 Å². The van der Waals surface area contributed by atoms with Crippen molar-refractivity contribution in [2.45, 2.75) is 22.6 Å². The minimum absolute atomic E-state index is 0.0114. The van der Waals surface area contributed by atoms with Gasteiger partial charge in [-0.3, -0.25) is 24.1 Å². The van der Waals surface area contributed by atoms with Crippen LogP contribution in [0.5, 0.6) is 11.5 Å². The van der Waals surface area contributed by atoms with E-state index in [-0.39, 0.29) is 70.0 Å². The Balaban J connectivity index is 0.952. The number of methoxy groups -OCH3 is 1. The number of anilines is 2. The summed E-state index contributed by atoms with van der Waals surface area (Å²) in [5, 5.41) is 6.00. The average Bonchev–Trinajstić information content (AvgIpc) is 3.86. The lowest BCUT2D eigenvalue weighted by atomic mass is 9.68. The van der Waals surface area contributed by atoms with Gasteiger partial charge in [0.15, 0.2) is 6.61 Å². The number of nitrogens with one attached hydrogen (secondary N) is 2. The lowest BCUT2D eigenvalue weighted by Gasteiger charge is -2.43. The fourth-order valence-corrected chi connectivity index (χ4v) is 11.6. The number of ether oxygens (including phenoxy) is 2. The summed E-state index contributed by atoms with van der Waals surface area (Å²) >= 11 is 2.89. The van der Waals surface area contributed by atoms with E-state index in [4.69, 9.17) is 9.47 Å². The molecule has 9 rings (SSSR count). The van der Waals surface area contributed by atoms with Gasteiger partial charge in [-0.05, 0) is 89.0 Å². The number of aromatic nitrogens is 1. The smallest absolute Gasteiger partial charge is 0.305 e. The Morgan fingerprint density at radius 1 is 0.878 bits per heavy atom. The molecule has 3 fully saturated rings. The van der Waals surface area contributed by atoms with Crippen LogP contribution < -0.4 is 24.6 Å². The summed E-state index contributed by atoms with van der Waals surface area (Å²) in [5.74, 6) is -0.0221. The van der Waals surface area contributed by atoms with Crippen LogP contribution >= 0.6 is 23.1 Å². The number of rotatable bonds is 7. The molecule has 7 atom stereocenters. The van der Waals surface area contributed by atoms with E-state index in [2.05, 4.69) is 10.3 Å². The Kier molecular flexibility index (Phi) is 7.17. The highest BCUT2D eigenvalue weighted by molar-refractivity contribution is 8.00. The van der Waals surface area contributed by atoms with Gasteiger partial charge >= 0.3 is 4.87 Å². The summed E-state index contributed by atoms with van der Waals surface area (Å²) in [4.78, 5) is 58.6. The average molecular weight is 690 g/mol. The zero-order chi connectivity index (χ0) is 33.4. The number of amides is 3. The van der Waals surface area contributed by atoms with E-state index >= 15 is 0 Å². The van der Waals surface area contributed by atoms with E-state index in [0.29, 0.717) is 22.9 Å². The molecule has 49 heavy (non-hydrogen) atoms. The van der Waals surface area contributed by atoms with Gasteiger partial charge in [-0.25, -0.2) is 0 Å². The highest BCUT2D eigenvalue weighted by Gasteiger charge is 2.69. The van der Waals surface area contributed by atoms with Crippen molar-refractivity contribution in [3.8, 4) is 11.5 Å². The van der Waals surface area contributed by atoms with E-state index < -0.39 is 0 Å². The molecule has 4 aromatic carbocycles. The van der Waals surface area contributed by atoms with E-state index in [1.165, 1.54) is 16.2 Å². The third-order valence-electron chi connectivity index (χ3n) is 10.7. The van der Waals surface area contributed by atoms with Crippen molar-refractivity contribution in [2.24, 2.45) is 29.6 Å². The number of thiazole rings is 1. The Labute approximate surface area is 289 Å². The Morgan fingerprint density at radius 2 is 1.59 bits per heavy atom. The molecule has 4 aliphatic rings. The molecule has 1 aromatic heterocycles. The number of hydrogen-bond acceptors (Lipinski definition) is 8. The van der Waals surface area contributed by atoms with Crippen LogP contribution in [-0.2, 0) is 14.4 Å². The van der Waals surface area contributed by atoms with Gasteiger partial charge in [0.1, 0.15) is 11.5 Å². The first-order chi connectivity index (χ1) is 23.9. The van der Waals surface area contributed by atoms with Crippen LogP contribution in [-0.4, -0.2) is 41.7 Å². The topological polar surface area (TPSA) is 118 Å². The lowest BCUT2D eigenvalue weighted by molar-refractivity contribution is -0.123. The molecule has 2 bridgehead atoms. The van der Waals surface area contributed by atoms with E-state index in [1.54, 1.807) is 43.1 Å². The van der Waals surface area contributed by atoms with Crippen LogP contribution in [0.25, 0.3) is 10.8 Å². The molecule has 2 N–H and O–H groups in total. The SMILES string of the molecule is COc1ccc(N2C(=O)C3C(C2=O)[C@@H]2C[C@H]3C3Sc4[nH]c(=O)sc4[C@H](c4ccc(OCC(=O)Nc5ccc6ccccc6c5)cc4)C32)cc1. The molecule has 2 aliphatic carbocycles. The van der Waals surface area contributed by atoms with Crippen molar-refractivity contribution in [3.05, 3.63) is 111 Å². The maximum absolute atomic E-state index is 14.0. The first-order valence-corrected chi connectivity index (χ1v) is 18.0. The third-order valence-corrected chi connectivity index (χ3v) is 13.3. The normalized spacial score (nSPS) is 26.4. The zero-order valence-electron chi connectivity index (χ0n) is 26.3. The van der Waals surface area contributed by atoms with Crippen LogP contribution in [0.15, 0.2) is 101 Å². The molecule has 4 unspecified atom stereocenters. The van der Waals surface area contributed by atoms with Gasteiger partial charge < -0.3 is 19.8 Å². The molecule has 9 nitrogen and oxygen atoms in total. The van der Waals surface area contributed by atoms with Gasteiger partial charge in [-0.1, -0.05) is 53.8 Å². The molecule has 3 heterocycles. The maximum Gasteiger partial charge on any atom is 0.305 e. The van der Waals surface area contributed by atoms with Crippen LogP contribution in [0.1, 0.15) is 22.8 Å².